The molecule has 0 aliphatic heterocycles. The molecule has 3 nitrogen and oxygen atoms in total. The van der Waals surface area contributed by atoms with E-state index in [-0.39, 0.29) is 12.6 Å². The van der Waals surface area contributed by atoms with E-state index in [1.54, 1.807) is 0 Å². The van der Waals surface area contributed by atoms with E-state index in [1.807, 2.05) is 0 Å². The van der Waals surface area contributed by atoms with Crippen molar-refractivity contribution in [2.45, 2.75) is 38.8 Å². The van der Waals surface area contributed by atoms with E-state index in [1.165, 1.54) is 11.1 Å². The average Bonchev–Trinajstić information content (AvgIpc) is 2.38. The molecule has 4 N–H and O–H groups in total. The SMILES string of the molecule is CCC(CCO)NC(CN)c1ccc(Br)c(C)c1. The second kappa shape index (κ2) is 7.89. The lowest BCUT2D eigenvalue weighted by Crippen LogP contribution is -2.37. The van der Waals surface area contributed by atoms with Gasteiger partial charge in [0.25, 0.3) is 0 Å². The largest absolute Gasteiger partial charge is 0.396 e. The zero-order valence-corrected chi connectivity index (χ0v) is 12.7. The fourth-order valence-corrected chi connectivity index (χ4v) is 2.28. The second-order valence-electron chi connectivity index (χ2n) is 4.58. The third kappa shape index (κ3) is 4.35. The number of rotatable bonds is 7. The van der Waals surface area contributed by atoms with E-state index in [0.29, 0.717) is 12.6 Å². The predicted molar refractivity (Wildman–Crippen MR) is 79.6 cm³/mol. The number of benzene rings is 1. The number of aliphatic hydroxyl groups excluding tert-OH is 1. The van der Waals surface area contributed by atoms with Gasteiger partial charge in [-0.25, -0.2) is 0 Å². The molecule has 0 aliphatic carbocycles. The quantitative estimate of drug-likeness (QED) is 0.724. The topological polar surface area (TPSA) is 58.3 Å². The zero-order valence-electron chi connectivity index (χ0n) is 11.1. The van der Waals surface area contributed by atoms with E-state index < -0.39 is 0 Å². The van der Waals surface area contributed by atoms with Gasteiger partial charge in [0.1, 0.15) is 0 Å². The van der Waals surface area contributed by atoms with Crippen LogP contribution in [0, 0.1) is 6.92 Å². The van der Waals surface area contributed by atoms with Crippen molar-refractivity contribution >= 4 is 15.9 Å². The van der Waals surface area contributed by atoms with E-state index in [0.717, 1.165) is 17.3 Å². The fraction of sp³-hybridized carbons (Fsp3) is 0.571. The van der Waals surface area contributed by atoms with E-state index in [4.69, 9.17) is 10.8 Å². The molecule has 4 heteroatoms. The molecule has 0 radical (unpaired) electrons. The molecule has 0 aliphatic rings. The molecule has 2 unspecified atom stereocenters. The van der Waals surface area contributed by atoms with Gasteiger partial charge in [-0.15, -0.1) is 0 Å². The summed E-state index contributed by atoms with van der Waals surface area (Å²) in [5.41, 5.74) is 8.27. The van der Waals surface area contributed by atoms with Gasteiger partial charge in [-0.2, -0.15) is 0 Å². The third-order valence-corrected chi connectivity index (χ3v) is 4.12. The lowest BCUT2D eigenvalue weighted by molar-refractivity contribution is 0.256. The highest BCUT2D eigenvalue weighted by atomic mass is 79.9. The van der Waals surface area contributed by atoms with Gasteiger partial charge in [-0.1, -0.05) is 35.0 Å². The Morgan fingerprint density at radius 1 is 1.44 bits per heavy atom. The van der Waals surface area contributed by atoms with Crippen LogP contribution in [0.1, 0.15) is 36.9 Å². The molecule has 0 fully saturated rings. The molecule has 0 amide bonds. The van der Waals surface area contributed by atoms with Crippen molar-refractivity contribution in [3.63, 3.8) is 0 Å². The smallest absolute Gasteiger partial charge is 0.0446 e. The molecular formula is C14H23BrN2O. The number of nitrogens with two attached hydrogens (primary N) is 1. The maximum atomic E-state index is 9.03. The van der Waals surface area contributed by atoms with Crippen molar-refractivity contribution in [2.24, 2.45) is 5.73 Å². The number of hydrogen-bond donors (Lipinski definition) is 3. The van der Waals surface area contributed by atoms with E-state index >= 15 is 0 Å². The van der Waals surface area contributed by atoms with Crippen LogP contribution in [0.5, 0.6) is 0 Å². The van der Waals surface area contributed by atoms with Gasteiger partial charge in [0.05, 0.1) is 0 Å². The maximum absolute atomic E-state index is 9.03. The monoisotopic (exact) mass is 314 g/mol. The minimum Gasteiger partial charge on any atom is -0.396 e. The second-order valence-corrected chi connectivity index (χ2v) is 5.44. The highest BCUT2D eigenvalue weighted by Gasteiger charge is 2.14. The molecule has 0 bridgehead atoms. The first-order chi connectivity index (χ1) is 8.62. The molecular weight excluding hydrogens is 292 g/mol. The summed E-state index contributed by atoms with van der Waals surface area (Å²) in [5, 5.41) is 12.5. The number of halogens is 1. The lowest BCUT2D eigenvalue weighted by Gasteiger charge is -2.24. The molecule has 18 heavy (non-hydrogen) atoms. The minimum atomic E-state index is 0.147. The molecule has 1 rings (SSSR count). The highest BCUT2D eigenvalue weighted by molar-refractivity contribution is 9.10. The number of hydrogen-bond acceptors (Lipinski definition) is 3. The van der Waals surface area contributed by atoms with Crippen molar-refractivity contribution in [2.75, 3.05) is 13.2 Å². The average molecular weight is 315 g/mol. The van der Waals surface area contributed by atoms with Crippen LogP contribution in [0.4, 0.5) is 0 Å². The van der Waals surface area contributed by atoms with Crippen LogP contribution in [0.3, 0.4) is 0 Å². The van der Waals surface area contributed by atoms with Crippen LogP contribution in [0.2, 0.25) is 0 Å². The Balaban J connectivity index is 2.78. The van der Waals surface area contributed by atoms with Gasteiger partial charge >= 0.3 is 0 Å². The number of aryl methyl sites for hydroxylation is 1. The fourth-order valence-electron chi connectivity index (χ4n) is 2.03. The first-order valence-corrected chi connectivity index (χ1v) is 7.24. The van der Waals surface area contributed by atoms with Gasteiger partial charge in [-0.3, -0.25) is 0 Å². The number of aliphatic hydroxyl groups is 1. The lowest BCUT2D eigenvalue weighted by atomic mass is 10.0. The summed E-state index contributed by atoms with van der Waals surface area (Å²) >= 11 is 3.51. The van der Waals surface area contributed by atoms with Crippen LogP contribution in [0.25, 0.3) is 0 Å². The Hall–Kier alpha value is -0.420. The zero-order chi connectivity index (χ0) is 13.5. The van der Waals surface area contributed by atoms with Crippen LogP contribution in [0.15, 0.2) is 22.7 Å². The van der Waals surface area contributed by atoms with Crippen molar-refractivity contribution < 1.29 is 5.11 Å². The van der Waals surface area contributed by atoms with E-state index in [2.05, 4.69) is 53.3 Å². The number of nitrogens with one attached hydrogen (secondary N) is 1. The van der Waals surface area contributed by atoms with Crippen molar-refractivity contribution in [3.8, 4) is 0 Å². The molecule has 0 heterocycles. The summed E-state index contributed by atoms with van der Waals surface area (Å²) in [4.78, 5) is 0. The summed E-state index contributed by atoms with van der Waals surface area (Å²) in [5.74, 6) is 0. The first-order valence-electron chi connectivity index (χ1n) is 6.45. The molecule has 102 valence electrons. The van der Waals surface area contributed by atoms with Gasteiger partial charge in [0, 0.05) is 29.7 Å². The van der Waals surface area contributed by atoms with Crippen molar-refractivity contribution in [1.29, 1.82) is 0 Å². The van der Waals surface area contributed by atoms with Crippen LogP contribution in [-0.2, 0) is 0 Å². The summed E-state index contributed by atoms with van der Waals surface area (Å²) in [6, 6.07) is 6.76. The first kappa shape index (κ1) is 15.6. The van der Waals surface area contributed by atoms with Crippen LogP contribution in [-0.4, -0.2) is 24.3 Å². The minimum absolute atomic E-state index is 0.147. The Bertz CT molecular complexity index is 371. The molecule has 2 atom stereocenters. The Kier molecular flexibility index (Phi) is 6.86. The Morgan fingerprint density at radius 3 is 2.67 bits per heavy atom. The Morgan fingerprint density at radius 2 is 2.17 bits per heavy atom. The van der Waals surface area contributed by atoms with Crippen LogP contribution >= 0.6 is 15.9 Å². The normalized spacial score (nSPS) is 14.5. The summed E-state index contributed by atoms with van der Waals surface area (Å²) in [6.45, 7) is 4.96. The van der Waals surface area contributed by atoms with Gasteiger partial charge in [0.15, 0.2) is 0 Å². The summed E-state index contributed by atoms with van der Waals surface area (Å²) in [7, 11) is 0. The van der Waals surface area contributed by atoms with Gasteiger partial charge in [0.2, 0.25) is 0 Å². The third-order valence-electron chi connectivity index (χ3n) is 3.23. The molecule has 0 saturated carbocycles. The molecule has 0 aromatic heterocycles. The van der Waals surface area contributed by atoms with Crippen LogP contribution < -0.4 is 11.1 Å². The van der Waals surface area contributed by atoms with E-state index in [9.17, 15) is 0 Å². The predicted octanol–water partition coefficient (Wildman–Crippen LogP) is 2.51. The summed E-state index contributed by atoms with van der Waals surface area (Å²) < 4.78 is 1.12. The highest BCUT2D eigenvalue weighted by Crippen LogP contribution is 2.21. The Labute approximate surface area is 118 Å². The molecule has 0 saturated heterocycles. The van der Waals surface area contributed by atoms with Gasteiger partial charge in [-0.05, 0) is 37.0 Å². The molecule has 1 aromatic rings. The maximum Gasteiger partial charge on any atom is 0.0446 e. The van der Waals surface area contributed by atoms with Crippen molar-refractivity contribution in [3.05, 3.63) is 33.8 Å². The molecule has 0 spiro atoms. The van der Waals surface area contributed by atoms with Gasteiger partial charge < -0.3 is 16.2 Å². The van der Waals surface area contributed by atoms with Crippen molar-refractivity contribution in [1.82, 2.24) is 5.32 Å². The molecule has 1 aromatic carbocycles. The summed E-state index contributed by atoms with van der Waals surface area (Å²) in [6.07, 6.45) is 1.76. The standard InChI is InChI=1S/C14H23BrN2O/c1-3-12(6-7-18)17-14(9-16)11-4-5-13(15)10(2)8-11/h4-5,8,12,14,17-18H,3,6-7,9,16H2,1-2H3.